The first-order valence-corrected chi connectivity index (χ1v) is 8.39. The van der Waals surface area contributed by atoms with E-state index in [2.05, 4.69) is 36.5 Å². The molecule has 3 nitrogen and oxygen atoms in total. The molecule has 2 unspecified atom stereocenters. The van der Waals surface area contributed by atoms with Gasteiger partial charge in [-0.3, -0.25) is 0 Å². The molecular formula is C15H29N3S. The highest BCUT2D eigenvalue weighted by molar-refractivity contribution is 7.09. The van der Waals surface area contributed by atoms with Crippen LogP contribution in [0.15, 0.2) is 11.6 Å². The Bertz CT molecular complexity index is 311. The molecule has 0 saturated heterocycles. The van der Waals surface area contributed by atoms with Crippen LogP contribution >= 0.6 is 11.3 Å². The molecule has 3 N–H and O–H groups in total. The van der Waals surface area contributed by atoms with Gasteiger partial charge < -0.3 is 11.1 Å². The van der Waals surface area contributed by atoms with Crippen molar-refractivity contribution >= 4 is 11.3 Å². The molecule has 0 aliphatic heterocycles. The van der Waals surface area contributed by atoms with Crippen molar-refractivity contribution < 1.29 is 0 Å². The Morgan fingerprint density at radius 1 is 1.37 bits per heavy atom. The summed E-state index contributed by atoms with van der Waals surface area (Å²) in [5.74, 6) is 1.51. The molecule has 4 heteroatoms. The molecule has 0 aromatic carbocycles. The highest BCUT2D eigenvalue weighted by atomic mass is 32.1. The highest BCUT2D eigenvalue weighted by Crippen LogP contribution is 2.21. The van der Waals surface area contributed by atoms with Crippen molar-refractivity contribution in [3.8, 4) is 0 Å². The Morgan fingerprint density at radius 2 is 2.16 bits per heavy atom. The lowest BCUT2D eigenvalue weighted by molar-refractivity contribution is 0.327. The number of hydrogen-bond donors (Lipinski definition) is 2. The van der Waals surface area contributed by atoms with Crippen LogP contribution < -0.4 is 11.1 Å². The van der Waals surface area contributed by atoms with Crippen molar-refractivity contribution in [2.75, 3.05) is 13.1 Å². The molecule has 19 heavy (non-hydrogen) atoms. The van der Waals surface area contributed by atoms with Crippen molar-refractivity contribution in [2.45, 2.75) is 52.5 Å². The summed E-state index contributed by atoms with van der Waals surface area (Å²) >= 11 is 1.74. The van der Waals surface area contributed by atoms with Gasteiger partial charge in [0.2, 0.25) is 0 Å². The van der Waals surface area contributed by atoms with Gasteiger partial charge >= 0.3 is 0 Å². The van der Waals surface area contributed by atoms with Gasteiger partial charge in [-0.25, -0.2) is 4.98 Å². The molecule has 1 rings (SSSR count). The van der Waals surface area contributed by atoms with Crippen molar-refractivity contribution in [1.82, 2.24) is 10.3 Å². The van der Waals surface area contributed by atoms with Gasteiger partial charge in [0.1, 0.15) is 5.01 Å². The summed E-state index contributed by atoms with van der Waals surface area (Å²) < 4.78 is 0. The summed E-state index contributed by atoms with van der Waals surface area (Å²) in [6.07, 6.45) is 6.65. The van der Waals surface area contributed by atoms with Crippen LogP contribution in [0, 0.1) is 11.8 Å². The number of nitrogens with two attached hydrogens (primary N) is 1. The number of thiazole rings is 1. The van der Waals surface area contributed by atoms with E-state index in [1.165, 1.54) is 17.8 Å². The predicted molar refractivity (Wildman–Crippen MR) is 84.4 cm³/mol. The second-order valence-electron chi connectivity index (χ2n) is 5.51. The number of nitrogens with zero attached hydrogens (tertiary/aromatic N) is 1. The Kier molecular flexibility index (Phi) is 8.26. The van der Waals surface area contributed by atoms with E-state index >= 15 is 0 Å². The smallest absolute Gasteiger partial charge is 0.109 e. The molecular weight excluding hydrogens is 254 g/mol. The summed E-state index contributed by atoms with van der Waals surface area (Å²) in [6.45, 7) is 8.71. The fraction of sp³-hybridized carbons (Fsp3) is 0.800. The maximum Gasteiger partial charge on any atom is 0.109 e. The Morgan fingerprint density at radius 3 is 2.68 bits per heavy atom. The Hall–Kier alpha value is -0.450. The molecule has 2 atom stereocenters. The van der Waals surface area contributed by atoms with Gasteiger partial charge in [-0.05, 0) is 50.6 Å². The van der Waals surface area contributed by atoms with E-state index in [0.29, 0.717) is 6.04 Å². The molecule has 1 aromatic heterocycles. The summed E-state index contributed by atoms with van der Waals surface area (Å²) in [5, 5.41) is 6.89. The monoisotopic (exact) mass is 283 g/mol. The topological polar surface area (TPSA) is 50.9 Å². The molecule has 0 aliphatic carbocycles. The van der Waals surface area contributed by atoms with Gasteiger partial charge in [-0.15, -0.1) is 11.3 Å². The molecule has 0 amide bonds. The van der Waals surface area contributed by atoms with Crippen LogP contribution in [0.5, 0.6) is 0 Å². The van der Waals surface area contributed by atoms with E-state index in [1.807, 2.05) is 6.20 Å². The first-order chi connectivity index (χ1) is 9.19. The summed E-state index contributed by atoms with van der Waals surface area (Å²) in [6, 6.07) is 0.423. The van der Waals surface area contributed by atoms with Crippen LogP contribution in [-0.2, 0) is 0 Å². The molecule has 0 fully saturated rings. The second kappa shape index (κ2) is 9.45. The molecule has 0 spiro atoms. The van der Waals surface area contributed by atoms with E-state index < -0.39 is 0 Å². The molecule has 0 radical (unpaired) electrons. The van der Waals surface area contributed by atoms with Crippen LogP contribution in [0.4, 0.5) is 0 Å². The van der Waals surface area contributed by atoms with Gasteiger partial charge in [0.15, 0.2) is 0 Å². The van der Waals surface area contributed by atoms with Crippen molar-refractivity contribution in [3.63, 3.8) is 0 Å². The van der Waals surface area contributed by atoms with Crippen LogP contribution in [0.2, 0.25) is 0 Å². The van der Waals surface area contributed by atoms with Crippen molar-refractivity contribution in [1.29, 1.82) is 0 Å². The average Bonchev–Trinajstić information content (AvgIpc) is 2.91. The van der Waals surface area contributed by atoms with Crippen LogP contribution in [0.25, 0.3) is 0 Å². The van der Waals surface area contributed by atoms with Gasteiger partial charge in [-0.2, -0.15) is 0 Å². The maximum absolute atomic E-state index is 5.68. The number of aromatic nitrogens is 1. The Balaban J connectivity index is 2.25. The lowest BCUT2D eigenvalue weighted by atomic mass is 9.88. The minimum absolute atomic E-state index is 0.423. The van der Waals surface area contributed by atoms with Gasteiger partial charge in [0.05, 0.1) is 6.04 Å². The average molecular weight is 283 g/mol. The standard InChI is InChI=1S/C15H29N3S/c1-4-14(15-18-10-11-19-15)17-9-5-6-13(7-8-16)12(2)3/h10-14,17H,4-9,16H2,1-3H3. The normalized spacial score (nSPS) is 14.8. The third-order valence-corrected chi connectivity index (χ3v) is 4.67. The summed E-state index contributed by atoms with van der Waals surface area (Å²) in [4.78, 5) is 4.40. The van der Waals surface area contributed by atoms with E-state index in [-0.39, 0.29) is 0 Å². The lowest BCUT2D eigenvalue weighted by Crippen LogP contribution is -2.23. The Labute approximate surface area is 122 Å². The van der Waals surface area contributed by atoms with Gasteiger partial charge in [-0.1, -0.05) is 20.8 Å². The summed E-state index contributed by atoms with van der Waals surface area (Å²) in [5.41, 5.74) is 5.68. The minimum Gasteiger partial charge on any atom is -0.330 e. The van der Waals surface area contributed by atoms with Gasteiger partial charge in [0.25, 0.3) is 0 Å². The fourth-order valence-electron chi connectivity index (χ4n) is 2.48. The van der Waals surface area contributed by atoms with E-state index in [1.54, 1.807) is 11.3 Å². The first-order valence-electron chi connectivity index (χ1n) is 7.51. The third kappa shape index (κ3) is 6.02. The second-order valence-corrected chi connectivity index (χ2v) is 6.44. The largest absolute Gasteiger partial charge is 0.330 e. The fourth-order valence-corrected chi connectivity index (χ4v) is 3.28. The SMILES string of the molecule is CCC(NCCCC(CCN)C(C)C)c1nccs1. The van der Waals surface area contributed by atoms with E-state index in [0.717, 1.165) is 37.8 Å². The zero-order valence-corrected chi connectivity index (χ0v) is 13.4. The molecule has 1 heterocycles. The lowest BCUT2D eigenvalue weighted by Gasteiger charge is -2.21. The van der Waals surface area contributed by atoms with Gasteiger partial charge in [0, 0.05) is 11.6 Å². The summed E-state index contributed by atoms with van der Waals surface area (Å²) in [7, 11) is 0. The zero-order valence-electron chi connectivity index (χ0n) is 12.6. The minimum atomic E-state index is 0.423. The molecule has 0 bridgehead atoms. The quantitative estimate of drug-likeness (QED) is 0.645. The van der Waals surface area contributed by atoms with E-state index in [9.17, 15) is 0 Å². The van der Waals surface area contributed by atoms with Crippen LogP contribution in [0.3, 0.4) is 0 Å². The molecule has 1 aromatic rings. The van der Waals surface area contributed by atoms with Crippen molar-refractivity contribution in [2.24, 2.45) is 17.6 Å². The molecule has 0 aliphatic rings. The number of hydrogen-bond acceptors (Lipinski definition) is 4. The predicted octanol–water partition coefficient (Wildman–Crippen LogP) is 3.59. The first kappa shape index (κ1) is 16.6. The number of rotatable bonds is 10. The molecule has 110 valence electrons. The highest BCUT2D eigenvalue weighted by Gasteiger charge is 2.13. The van der Waals surface area contributed by atoms with Crippen LogP contribution in [-0.4, -0.2) is 18.1 Å². The number of nitrogens with one attached hydrogen (secondary N) is 1. The van der Waals surface area contributed by atoms with E-state index in [4.69, 9.17) is 5.73 Å². The molecule has 0 saturated carbocycles. The third-order valence-electron chi connectivity index (χ3n) is 3.78. The van der Waals surface area contributed by atoms with Crippen LogP contribution in [0.1, 0.15) is 57.5 Å². The van der Waals surface area contributed by atoms with Crippen molar-refractivity contribution in [3.05, 3.63) is 16.6 Å². The maximum atomic E-state index is 5.68. The zero-order chi connectivity index (χ0) is 14.1.